The van der Waals surface area contributed by atoms with Gasteiger partial charge in [-0.1, -0.05) is 42.0 Å². The Labute approximate surface area is 108 Å². The summed E-state index contributed by atoms with van der Waals surface area (Å²) in [6, 6.07) is 10.5. The maximum Gasteiger partial charge on any atom is 0.0703 e. The molecule has 1 aliphatic rings. The second-order valence-corrected chi connectivity index (χ2v) is 5.08. The highest BCUT2D eigenvalue weighted by atomic mass is 15.3. The molecule has 2 nitrogen and oxygen atoms in total. The predicted octanol–water partition coefficient (Wildman–Crippen LogP) is 3.59. The zero-order valence-electron chi connectivity index (χ0n) is 11.0. The number of nitrogens with zero attached hydrogens (tertiary/aromatic N) is 2. The van der Waals surface area contributed by atoms with Gasteiger partial charge in [0.25, 0.3) is 0 Å². The number of allylic oxidation sites excluding steroid dienone is 1. The number of benzene rings is 1. The zero-order chi connectivity index (χ0) is 12.5. The minimum absolute atomic E-state index is 0.868. The van der Waals surface area contributed by atoms with Gasteiger partial charge in [-0.15, -0.1) is 0 Å². The van der Waals surface area contributed by atoms with Crippen molar-refractivity contribution in [2.75, 3.05) is 0 Å². The maximum absolute atomic E-state index is 4.75. The normalized spacial score (nSPS) is 14.2. The Hall–Kier alpha value is -1.83. The highest BCUT2D eigenvalue weighted by molar-refractivity contribution is 5.59. The number of hydrogen-bond donors (Lipinski definition) is 0. The third kappa shape index (κ3) is 1.99. The Morgan fingerprint density at radius 1 is 1.11 bits per heavy atom. The maximum atomic E-state index is 4.75. The number of fused-ring (bicyclic) bond motifs is 1. The minimum Gasteiger partial charge on any atom is -0.265 e. The molecule has 0 spiro atoms. The summed E-state index contributed by atoms with van der Waals surface area (Å²) in [7, 11) is 0. The monoisotopic (exact) mass is 238 g/mol. The van der Waals surface area contributed by atoms with Gasteiger partial charge in [-0.2, -0.15) is 5.10 Å². The Bertz CT molecular complexity index is 591. The molecule has 2 aromatic rings. The van der Waals surface area contributed by atoms with Crippen molar-refractivity contribution >= 4 is 6.08 Å². The summed E-state index contributed by atoms with van der Waals surface area (Å²) in [5, 5.41) is 4.75. The van der Waals surface area contributed by atoms with Crippen LogP contribution in [-0.2, 0) is 13.0 Å². The molecule has 1 heterocycles. The summed E-state index contributed by atoms with van der Waals surface area (Å²) in [5.41, 5.74) is 6.66. The third-order valence-corrected chi connectivity index (χ3v) is 3.65. The molecular formula is C16H18N2. The van der Waals surface area contributed by atoms with Crippen LogP contribution in [0.2, 0.25) is 0 Å². The van der Waals surface area contributed by atoms with E-state index >= 15 is 0 Å². The van der Waals surface area contributed by atoms with Gasteiger partial charge >= 0.3 is 0 Å². The third-order valence-electron chi connectivity index (χ3n) is 3.65. The first-order chi connectivity index (χ1) is 8.74. The smallest absolute Gasteiger partial charge is 0.0703 e. The van der Waals surface area contributed by atoms with E-state index in [4.69, 9.17) is 5.10 Å². The molecule has 0 amide bonds. The Kier molecular flexibility index (Phi) is 2.78. The van der Waals surface area contributed by atoms with E-state index in [2.05, 4.69) is 54.9 Å². The average molecular weight is 238 g/mol. The van der Waals surface area contributed by atoms with Gasteiger partial charge in [-0.3, -0.25) is 4.68 Å². The molecule has 0 saturated carbocycles. The van der Waals surface area contributed by atoms with E-state index in [0.29, 0.717) is 0 Å². The fourth-order valence-corrected chi connectivity index (χ4v) is 2.54. The van der Waals surface area contributed by atoms with Crippen molar-refractivity contribution in [3.63, 3.8) is 0 Å². The lowest BCUT2D eigenvalue weighted by Crippen LogP contribution is -2.04. The van der Waals surface area contributed by atoms with Crippen molar-refractivity contribution in [3.8, 4) is 0 Å². The second-order valence-electron chi connectivity index (χ2n) is 5.08. The van der Waals surface area contributed by atoms with E-state index in [1.807, 2.05) is 0 Å². The lowest BCUT2D eigenvalue weighted by atomic mass is 9.97. The topological polar surface area (TPSA) is 17.8 Å². The fraction of sp³-hybridized carbons (Fsp3) is 0.312. The van der Waals surface area contributed by atoms with Gasteiger partial charge in [0.15, 0.2) is 0 Å². The number of rotatable bonds is 2. The van der Waals surface area contributed by atoms with Gasteiger partial charge in [0.05, 0.1) is 12.2 Å². The van der Waals surface area contributed by atoms with Crippen molar-refractivity contribution in [2.45, 2.75) is 33.2 Å². The van der Waals surface area contributed by atoms with Crippen molar-refractivity contribution in [1.82, 2.24) is 9.78 Å². The molecule has 0 atom stereocenters. The van der Waals surface area contributed by atoms with Crippen LogP contribution in [0.4, 0.5) is 0 Å². The molecule has 3 rings (SSSR count). The largest absolute Gasteiger partial charge is 0.265 e. The lowest BCUT2D eigenvalue weighted by molar-refractivity contribution is 0.651. The van der Waals surface area contributed by atoms with Gasteiger partial charge < -0.3 is 0 Å². The van der Waals surface area contributed by atoms with E-state index in [0.717, 1.165) is 19.4 Å². The molecule has 1 aromatic carbocycles. The number of aryl methyl sites for hydroxylation is 1. The van der Waals surface area contributed by atoms with Crippen LogP contribution in [-0.4, -0.2) is 9.78 Å². The number of aromatic nitrogens is 2. The van der Waals surface area contributed by atoms with Gasteiger partial charge in [-0.05, 0) is 32.3 Å². The fourth-order valence-electron chi connectivity index (χ4n) is 2.54. The molecule has 0 bridgehead atoms. The molecule has 1 aromatic heterocycles. The summed E-state index contributed by atoms with van der Waals surface area (Å²) in [6.45, 7) is 5.24. The summed E-state index contributed by atoms with van der Waals surface area (Å²) in [6.07, 6.45) is 4.53. The summed E-state index contributed by atoms with van der Waals surface area (Å²) >= 11 is 0. The first-order valence-electron chi connectivity index (χ1n) is 6.51. The standard InChI is InChI=1S/C16H18N2/c1-12-8-9-16-15(10-12)13(2)18(17-16)11-14-6-4-3-5-7-14/h3-7,10H,8-9,11H2,1-2H3. The first-order valence-corrected chi connectivity index (χ1v) is 6.51. The lowest BCUT2D eigenvalue weighted by Gasteiger charge is -2.07. The van der Waals surface area contributed by atoms with Crippen LogP contribution in [0, 0.1) is 6.92 Å². The highest BCUT2D eigenvalue weighted by Gasteiger charge is 2.16. The molecule has 0 N–H and O–H groups in total. The van der Waals surface area contributed by atoms with Crippen molar-refractivity contribution < 1.29 is 0 Å². The van der Waals surface area contributed by atoms with Crippen molar-refractivity contribution in [2.24, 2.45) is 0 Å². The average Bonchev–Trinajstić information content (AvgIpc) is 2.68. The first kappa shape index (κ1) is 11.3. The van der Waals surface area contributed by atoms with E-state index in [-0.39, 0.29) is 0 Å². The molecule has 0 radical (unpaired) electrons. The van der Waals surface area contributed by atoms with Crippen LogP contribution in [0.3, 0.4) is 0 Å². The molecule has 18 heavy (non-hydrogen) atoms. The molecule has 92 valence electrons. The number of hydrogen-bond acceptors (Lipinski definition) is 1. The van der Waals surface area contributed by atoms with Crippen LogP contribution in [0.15, 0.2) is 35.9 Å². The molecule has 0 fully saturated rings. The minimum atomic E-state index is 0.868. The second kappa shape index (κ2) is 4.45. The Morgan fingerprint density at radius 3 is 2.67 bits per heavy atom. The SMILES string of the molecule is CC1=Cc2c(nn(Cc3ccccc3)c2C)CC1. The predicted molar refractivity (Wildman–Crippen MR) is 74.5 cm³/mol. The molecular weight excluding hydrogens is 220 g/mol. The summed E-state index contributed by atoms with van der Waals surface area (Å²) in [5.74, 6) is 0. The van der Waals surface area contributed by atoms with Crippen LogP contribution in [0.25, 0.3) is 6.08 Å². The van der Waals surface area contributed by atoms with Gasteiger partial charge in [0.2, 0.25) is 0 Å². The quantitative estimate of drug-likeness (QED) is 0.781. The Morgan fingerprint density at radius 2 is 1.89 bits per heavy atom. The van der Waals surface area contributed by atoms with Crippen LogP contribution >= 0.6 is 0 Å². The van der Waals surface area contributed by atoms with Crippen LogP contribution in [0.5, 0.6) is 0 Å². The molecule has 0 unspecified atom stereocenters. The molecule has 1 aliphatic carbocycles. The zero-order valence-corrected chi connectivity index (χ0v) is 11.0. The molecule has 0 saturated heterocycles. The van der Waals surface area contributed by atoms with Crippen LogP contribution < -0.4 is 0 Å². The van der Waals surface area contributed by atoms with Gasteiger partial charge in [0.1, 0.15) is 0 Å². The Balaban J connectivity index is 1.95. The van der Waals surface area contributed by atoms with Crippen molar-refractivity contribution in [3.05, 3.63) is 58.4 Å². The van der Waals surface area contributed by atoms with E-state index in [1.54, 1.807) is 0 Å². The van der Waals surface area contributed by atoms with Crippen LogP contribution in [0.1, 0.15) is 35.9 Å². The molecule has 0 aliphatic heterocycles. The van der Waals surface area contributed by atoms with Gasteiger partial charge in [0, 0.05) is 11.3 Å². The van der Waals surface area contributed by atoms with E-state index in [1.165, 1.54) is 28.1 Å². The summed E-state index contributed by atoms with van der Waals surface area (Å²) < 4.78 is 2.13. The molecule has 2 heteroatoms. The van der Waals surface area contributed by atoms with Gasteiger partial charge in [-0.25, -0.2) is 0 Å². The highest BCUT2D eigenvalue weighted by Crippen LogP contribution is 2.26. The van der Waals surface area contributed by atoms with E-state index < -0.39 is 0 Å². The van der Waals surface area contributed by atoms with Crippen molar-refractivity contribution in [1.29, 1.82) is 0 Å². The summed E-state index contributed by atoms with van der Waals surface area (Å²) in [4.78, 5) is 0. The van der Waals surface area contributed by atoms with E-state index in [9.17, 15) is 0 Å².